The summed E-state index contributed by atoms with van der Waals surface area (Å²) in [6.45, 7) is 3.32. The van der Waals surface area contributed by atoms with Crippen LogP contribution in [0.3, 0.4) is 0 Å². The normalized spacial score (nSPS) is 10.7. The van der Waals surface area contributed by atoms with Gasteiger partial charge in [0.25, 0.3) is 0 Å². The second kappa shape index (κ2) is 11.4. The Bertz CT molecular complexity index is 1320. The van der Waals surface area contributed by atoms with Gasteiger partial charge in [-0.1, -0.05) is 12.1 Å². The molecule has 0 aliphatic carbocycles. The number of rotatable bonds is 10. The van der Waals surface area contributed by atoms with Crippen molar-refractivity contribution < 1.29 is 18.7 Å². The van der Waals surface area contributed by atoms with E-state index in [2.05, 4.69) is 15.5 Å². The number of nitrogens with zero attached hydrogens (tertiary/aromatic N) is 2. The summed E-state index contributed by atoms with van der Waals surface area (Å²) in [6.07, 6.45) is 0.254. The number of aromatic amines is 1. The lowest BCUT2D eigenvalue weighted by Crippen LogP contribution is -2.24. The van der Waals surface area contributed by atoms with E-state index in [0.29, 0.717) is 41.8 Å². The third kappa shape index (κ3) is 6.54. The first kappa shape index (κ1) is 24.2. The number of benzene rings is 3. The number of ether oxygens (including phenoxy) is 2. The molecule has 0 fully saturated rings. The maximum absolute atomic E-state index is 13.0. The van der Waals surface area contributed by atoms with Crippen molar-refractivity contribution in [1.29, 1.82) is 0 Å². The van der Waals surface area contributed by atoms with Crippen molar-refractivity contribution in [2.75, 3.05) is 6.61 Å². The summed E-state index contributed by atoms with van der Waals surface area (Å²) in [5.74, 6) is 2.22. The Labute approximate surface area is 207 Å². The molecule has 1 amide bonds. The standard InChI is InChI=1S/C26H25FN4O3S/c1-2-33-21-11-5-19(6-12-21)25-29-30-26(35)31(25)16-15-24(32)28-17-18-3-9-22(10-4-18)34-23-13-7-20(27)8-14-23/h3-14H,2,15-17H2,1H3,(H,28,32)(H,30,35). The van der Waals surface area contributed by atoms with Gasteiger partial charge in [-0.15, -0.1) is 0 Å². The van der Waals surface area contributed by atoms with Gasteiger partial charge in [0, 0.05) is 25.1 Å². The van der Waals surface area contributed by atoms with Gasteiger partial charge in [0.2, 0.25) is 5.91 Å². The predicted octanol–water partition coefficient (Wildman–Crippen LogP) is 5.64. The van der Waals surface area contributed by atoms with Crippen LogP contribution in [-0.2, 0) is 17.9 Å². The topological polar surface area (TPSA) is 81.2 Å². The highest BCUT2D eigenvalue weighted by molar-refractivity contribution is 7.71. The Morgan fingerprint density at radius 3 is 2.29 bits per heavy atom. The largest absolute Gasteiger partial charge is 0.494 e. The third-order valence-corrected chi connectivity index (χ3v) is 5.52. The Balaban J connectivity index is 1.29. The molecule has 0 atom stereocenters. The Kier molecular flexibility index (Phi) is 7.89. The third-order valence-electron chi connectivity index (χ3n) is 5.21. The number of carbonyl (C=O) groups is 1. The summed E-state index contributed by atoms with van der Waals surface area (Å²) in [5, 5.41) is 10.0. The second-order valence-electron chi connectivity index (χ2n) is 7.69. The van der Waals surface area contributed by atoms with Crippen molar-refractivity contribution in [1.82, 2.24) is 20.1 Å². The number of hydrogen-bond donors (Lipinski definition) is 2. The minimum atomic E-state index is -0.314. The molecular weight excluding hydrogens is 467 g/mol. The van der Waals surface area contributed by atoms with Gasteiger partial charge in [0.1, 0.15) is 23.1 Å². The van der Waals surface area contributed by atoms with Crippen LogP contribution in [0.1, 0.15) is 18.9 Å². The maximum atomic E-state index is 13.0. The summed E-state index contributed by atoms with van der Waals surface area (Å²) in [6, 6.07) is 20.8. The average Bonchev–Trinajstić information content (AvgIpc) is 3.24. The molecule has 4 aromatic rings. The molecule has 0 aliphatic rings. The van der Waals surface area contributed by atoms with Crippen molar-refractivity contribution in [3.8, 4) is 28.6 Å². The number of amides is 1. The maximum Gasteiger partial charge on any atom is 0.222 e. The van der Waals surface area contributed by atoms with Crippen molar-refractivity contribution in [3.63, 3.8) is 0 Å². The molecule has 180 valence electrons. The molecule has 9 heteroatoms. The zero-order chi connectivity index (χ0) is 24.6. The molecule has 4 rings (SSSR count). The zero-order valence-electron chi connectivity index (χ0n) is 19.2. The van der Waals surface area contributed by atoms with Gasteiger partial charge in [-0.05, 0) is 85.4 Å². The van der Waals surface area contributed by atoms with Gasteiger partial charge in [-0.3, -0.25) is 14.5 Å². The van der Waals surface area contributed by atoms with E-state index in [-0.39, 0.29) is 18.1 Å². The molecule has 3 aromatic carbocycles. The van der Waals surface area contributed by atoms with E-state index in [1.807, 2.05) is 47.9 Å². The average molecular weight is 493 g/mol. The van der Waals surface area contributed by atoms with Crippen molar-refractivity contribution in [3.05, 3.63) is 88.9 Å². The van der Waals surface area contributed by atoms with E-state index >= 15 is 0 Å². The fourth-order valence-electron chi connectivity index (χ4n) is 3.43. The lowest BCUT2D eigenvalue weighted by atomic mass is 10.2. The van der Waals surface area contributed by atoms with Gasteiger partial charge < -0.3 is 14.8 Å². The lowest BCUT2D eigenvalue weighted by Gasteiger charge is -2.10. The predicted molar refractivity (Wildman–Crippen MR) is 133 cm³/mol. The first-order valence-corrected chi connectivity index (χ1v) is 11.6. The second-order valence-corrected chi connectivity index (χ2v) is 8.07. The van der Waals surface area contributed by atoms with Crippen LogP contribution in [0.5, 0.6) is 17.2 Å². The van der Waals surface area contributed by atoms with Gasteiger partial charge in [-0.25, -0.2) is 4.39 Å². The molecule has 0 spiro atoms. The zero-order valence-corrected chi connectivity index (χ0v) is 20.0. The minimum absolute atomic E-state index is 0.0996. The number of halogens is 1. The van der Waals surface area contributed by atoms with Crippen molar-refractivity contribution in [2.24, 2.45) is 0 Å². The highest BCUT2D eigenvalue weighted by Gasteiger charge is 2.11. The van der Waals surface area contributed by atoms with E-state index in [9.17, 15) is 9.18 Å². The van der Waals surface area contributed by atoms with Crippen LogP contribution in [0, 0.1) is 10.6 Å². The fourth-order valence-corrected chi connectivity index (χ4v) is 3.65. The highest BCUT2D eigenvalue weighted by Crippen LogP contribution is 2.23. The summed E-state index contributed by atoms with van der Waals surface area (Å²) in [4.78, 5) is 12.5. The molecule has 0 radical (unpaired) electrons. The molecule has 35 heavy (non-hydrogen) atoms. The Hall–Kier alpha value is -3.98. The summed E-state index contributed by atoms with van der Waals surface area (Å²) in [5.41, 5.74) is 1.81. The van der Waals surface area contributed by atoms with E-state index in [0.717, 1.165) is 16.9 Å². The van der Waals surface area contributed by atoms with E-state index in [4.69, 9.17) is 21.7 Å². The monoisotopic (exact) mass is 492 g/mol. The summed E-state index contributed by atoms with van der Waals surface area (Å²) >= 11 is 5.36. The Morgan fingerprint density at radius 2 is 1.63 bits per heavy atom. The van der Waals surface area contributed by atoms with Crippen molar-refractivity contribution in [2.45, 2.75) is 26.4 Å². The van der Waals surface area contributed by atoms with Crippen LogP contribution >= 0.6 is 12.2 Å². The SMILES string of the molecule is CCOc1ccc(-c2n[nH]c(=S)n2CCC(=O)NCc2ccc(Oc3ccc(F)cc3)cc2)cc1. The number of aromatic nitrogens is 3. The first-order chi connectivity index (χ1) is 17.0. The molecule has 0 aliphatic heterocycles. The van der Waals surface area contributed by atoms with Crippen LogP contribution in [0.15, 0.2) is 72.8 Å². The molecule has 0 saturated heterocycles. The van der Waals surface area contributed by atoms with Crippen LogP contribution in [0.4, 0.5) is 4.39 Å². The van der Waals surface area contributed by atoms with E-state index in [1.54, 1.807) is 24.3 Å². The fraction of sp³-hybridized carbons (Fsp3) is 0.192. The minimum Gasteiger partial charge on any atom is -0.494 e. The number of hydrogen-bond acceptors (Lipinski definition) is 5. The van der Waals surface area contributed by atoms with Crippen molar-refractivity contribution >= 4 is 18.1 Å². The number of carbonyl (C=O) groups excluding carboxylic acids is 1. The van der Waals surface area contributed by atoms with E-state index in [1.165, 1.54) is 12.1 Å². The van der Waals surface area contributed by atoms with Crippen LogP contribution in [0.25, 0.3) is 11.4 Å². The summed E-state index contributed by atoms with van der Waals surface area (Å²) < 4.78 is 26.5. The van der Waals surface area contributed by atoms with Crippen LogP contribution < -0.4 is 14.8 Å². The summed E-state index contributed by atoms with van der Waals surface area (Å²) in [7, 11) is 0. The smallest absolute Gasteiger partial charge is 0.222 e. The van der Waals surface area contributed by atoms with Gasteiger partial charge in [-0.2, -0.15) is 5.10 Å². The van der Waals surface area contributed by atoms with Gasteiger partial charge in [0.05, 0.1) is 6.61 Å². The molecule has 7 nitrogen and oxygen atoms in total. The Morgan fingerprint density at radius 1 is 1.00 bits per heavy atom. The number of nitrogens with one attached hydrogen (secondary N) is 2. The van der Waals surface area contributed by atoms with Crippen LogP contribution in [-0.4, -0.2) is 27.3 Å². The van der Waals surface area contributed by atoms with Gasteiger partial charge in [0.15, 0.2) is 10.6 Å². The number of H-pyrrole nitrogens is 1. The van der Waals surface area contributed by atoms with Gasteiger partial charge >= 0.3 is 0 Å². The highest BCUT2D eigenvalue weighted by atomic mass is 32.1. The molecule has 0 bridgehead atoms. The molecule has 1 aromatic heterocycles. The lowest BCUT2D eigenvalue weighted by molar-refractivity contribution is -0.121. The van der Waals surface area contributed by atoms with E-state index < -0.39 is 0 Å². The molecule has 2 N–H and O–H groups in total. The molecule has 0 saturated carbocycles. The molecular formula is C26H25FN4O3S. The first-order valence-electron chi connectivity index (χ1n) is 11.2. The molecule has 0 unspecified atom stereocenters. The van der Waals surface area contributed by atoms with Crippen LogP contribution in [0.2, 0.25) is 0 Å². The quantitative estimate of drug-likeness (QED) is 0.280. The molecule has 1 heterocycles.